The number of amides is 1. The van der Waals surface area contributed by atoms with E-state index in [0.29, 0.717) is 30.6 Å². The van der Waals surface area contributed by atoms with Gasteiger partial charge in [-0.25, -0.2) is 0 Å². The van der Waals surface area contributed by atoms with E-state index in [9.17, 15) is 4.79 Å². The van der Waals surface area contributed by atoms with Gasteiger partial charge in [0.05, 0.1) is 6.54 Å². The molecule has 2 heterocycles. The van der Waals surface area contributed by atoms with Gasteiger partial charge in [0.1, 0.15) is 0 Å². The Kier molecular flexibility index (Phi) is 4.62. The van der Waals surface area contributed by atoms with Crippen molar-refractivity contribution in [3.05, 3.63) is 0 Å². The molecule has 18 heavy (non-hydrogen) atoms. The number of carbonyl (C=O) groups is 1. The average molecular weight is 253 g/mol. The van der Waals surface area contributed by atoms with Crippen LogP contribution in [-0.2, 0) is 4.79 Å². The third-order valence-corrected chi connectivity index (χ3v) is 4.29. The molecule has 0 aromatic heterocycles. The molecule has 104 valence electrons. The Labute approximate surface area is 111 Å². The Morgan fingerprint density at radius 1 is 1.22 bits per heavy atom. The summed E-state index contributed by atoms with van der Waals surface area (Å²) in [4.78, 5) is 16.9. The number of hydrogen-bond acceptors (Lipinski definition) is 3. The topological polar surface area (TPSA) is 35.6 Å². The minimum atomic E-state index is 0.323. The summed E-state index contributed by atoms with van der Waals surface area (Å²) < 4.78 is 0. The van der Waals surface area contributed by atoms with Gasteiger partial charge in [-0.15, -0.1) is 0 Å². The highest BCUT2D eigenvalue weighted by Gasteiger charge is 2.30. The van der Waals surface area contributed by atoms with Crippen LogP contribution in [0.1, 0.15) is 40.0 Å². The lowest BCUT2D eigenvalue weighted by molar-refractivity contribution is -0.138. The van der Waals surface area contributed by atoms with Crippen molar-refractivity contribution in [3.8, 4) is 0 Å². The molecule has 2 fully saturated rings. The number of nitrogens with zero attached hydrogens (tertiary/aromatic N) is 2. The first kappa shape index (κ1) is 13.8. The minimum absolute atomic E-state index is 0.323. The number of piperidine rings is 1. The molecule has 0 spiro atoms. The lowest BCUT2D eigenvalue weighted by Gasteiger charge is -2.41. The molecule has 4 heteroatoms. The third kappa shape index (κ3) is 3.23. The largest absolute Gasteiger partial charge is 0.336 e. The molecular formula is C14H27N3O. The van der Waals surface area contributed by atoms with Crippen LogP contribution in [0, 0.1) is 0 Å². The van der Waals surface area contributed by atoms with Gasteiger partial charge in [0.2, 0.25) is 5.91 Å². The smallest absolute Gasteiger partial charge is 0.237 e. The Morgan fingerprint density at radius 3 is 2.50 bits per heavy atom. The maximum Gasteiger partial charge on any atom is 0.237 e. The van der Waals surface area contributed by atoms with Gasteiger partial charge >= 0.3 is 0 Å². The van der Waals surface area contributed by atoms with Crippen molar-refractivity contribution in [2.24, 2.45) is 0 Å². The summed E-state index contributed by atoms with van der Waals surface area (Å²) in [6.07, 6.45) is 3.58. The summed E-state index contributed by atoms with van der Waals surface area (Å²) in [5.74, 6) is 0.323. The van der Waals surface area contributed by atoms with E-state index in [2.05, 4.69) is 35.9 Å². The molecule has 4 nitrogen and oxygen atoms in total. The van der Waals surface area contributed by atoms with Crippen LogP contribution in [0.3, 0.4) is 0 Å². The summed E-state index contributed by atoms with van der Waals surface area (Å²) in [5.41, 5.74) is 0. The fraction of sp³-hybridized carbons (Fsp3) is 0.929. The van der Waals surface area contributed by atoms with E-state index in [1.807, 2.05) is 0 Å². The summed E-state index contributed by atoms with van der Waals surface area (Å²) in [7, 11) is 0. The fourth-order valence-corrected chi connectivity index (χ4v) is 3.34. The predicted octanol–water partition coefficient (Wildman–Crippen LogP) is 1.07. The van der Waals surface area contributed by atoms with Gasteiger partial charge in [0.25, 0.3) is 0 Å². The second-order valence-electron chi connectivity index (χ2n) is 6.02. The standard InChI is InChI=1S/C14H27N3O/c1-11-9-16(8-7-15-11)10-14(18)17-12(2)5-4-6-13(17)3/h11-13,15H,4-10H2,1-3H3. The van der Waals surface area contributed by atoms with Crippen LogP contribution in [0.4, 0.5) is 0 Å². The molecule has 0 aromatic rings. The van der Waals surface area contributed by atoms with E-state index in [1.165, 1.54) is 6.42 Å². The SMILES string of the molecule is CC1CN(CC(=O)N2C(C)CCCC2C)CCN1. The molecule has 1 amide bonds. The molecule has 3 unspecified atom stereocenters. The van der Waals surface area contributed by atoms with Gasteiger partial charge in [0.15, 0.2) is 0 Å². The Bertz CT molecular complexity index is 285. The minimum Gasteiger partial charge on any atom is -0.336 e. The van der Waals surface area contributed by atoms with Gasteiger partial charge in [-0.3, -0.25) is 9.69 Å². The van der Waals surface area contributed by atoms with E-state index in [-0.39, 0.29) is 0 Å². The van der Waals surface area contributed by atoms with Gasteiger partial charge < -0.3 is 10.2 Å². The lowest BCUT2D eigenvalue weighted by atomic mass is 9.97. The van der Waals surface area contributed by atoms with Crippen LogP contribution in [0.5, 0.6) is 0 Å². The monoisotopic (exact) mass is 253 g/mol. The molecule has 0 bridgehead atoms. The number of carbonyl (C=O) groups excluding carboxylic acids is 1. The number of rotatable bonds is 2. The molecular weight excluding hydrogens is 226 g/mol. The van der Waals surface area contributed by atoms with Gasteiger partial charge in [-0.1, -0.05) is 0 Å². The Balaban J connectivity index is 1.89. The molecule has 0 saturated carbocycles. The maximum atomic E-state index is 12.5. The van der Waals surface area contributed by atoms with Crippen molar-refractivity contribution in [2.75, 3.05) is 26.2 Å². The third-order valence-electron chi connectivity index (χ3n) is 4.29. The summed E-state index contributed by atoms with van der Waals surface area (Å²) >= 11 is 0. The molecule has 1 N–H and O–H groups in total. The first-order valence-corrected chi connectivity index (χ1v) is 7.35. The summed E-state index contributed by atoms with van der Waals surface area (Å²) in [5, 5.41) is 3.42. The van der Waals surface area contributed by atoms with Crippen molar-refractivity contribution in [1.29, 1.82) is 0 Å². The molecule has 0 aromatic carbocycles. The van der Waals surface area contributed by atoms with Crippen LogP contribution in [0.15, 0.2) is 0 Å². The highest BCUT2D eigenvalue weighted by molar-refractivity contribution is 5.79. The van der Waals surface area contributed by atoms with Crippen molar-refractivity contribution in [1.82, 2.24) is 15.1 Å². The van der Waals surface area contributed by atoms with Crippen molar-refractivity contribution in [2.45, 2.75) is 58.2 Å². The van der Waals surface area contributed by atoms with Crippen LogP contribution in [0.2, 0.25) is 0 Å². The molecule has 0 aliphatic carbocycles. The number of hydrogen-bond donors (Lipinski definition) is 1. The zero-order valence-electron chi connectivity index (χ0n) is 12.0. The first-order valence-electron chi connectivity index (χ1n) is 7.35. The number of piperazine rings is 1. The fourth-order valence-electron chi connectivity index (χ4n) is 3.34. The van der Waals surface area contributed by atoms with E-state index in [4.69, 9.17) is 0 Å². The van der Waals surface area contributed by atoms with E-state index >= 15 is 0 Å². The average Bonchev–Trinajstić information content (AvgIpc) is 2.28. The molecule has 0 radical (unpaired) electrons. The van der Waals surface area contributed by atoms with Crippen molar-refractivity contribution < 1.29 is 4.79 Å². The first-order chi connectivity index (χ1) is 8.58. The maximum absolute atomic E-state index is 12.5. The van der Waals surface area contributed by atoms with Crippen molar-refractivity contribution in [3.63, 3.8) is 0 Å². The second-order valence-corrected chi connectivity index (χ2v) is 6.02. The quantitative estimate of drug-likeness (QED) is 0.799. The van der Waals surface area contributed by atoms with Gasteiger partial charge in [0, 0.05) is 37.8 Å². The molecule has 2 aliphatic rings. The van der Waals surface area contributed by atoms with Crippen molar-refractivity contribution >= 4 is 5.91 Å². The zero-order chi connectivity index (χ0) is 13.1. The number of likely N-dealkylation sites (tertiary alicyclic amines) is 1. The van der Waals surface area contributed by atoms with Crippen LogP contribution < -0.4 is 5.32 Å². The van der Waals surface area contributed by atoms with Crippen LogP contribution in [0.25, 0.3) is 0 Å². The molecule has 2 saturated heterocycles. The van der Waals surface area contributed by atoms with E-state index < -0.39 is 0 Å². The van der Waals surface area contributed by atoms with Crippen LogP contribution >= 0.6 is 0 Å². The van der Waals surface area contributed by atoms with E-state index in [1.54, 1.807) is 0 Å². The molecule has 3 atom stereocenters. The Hall–Kier alpha value is -0.610. The molecule has 2 rings (SSSR count). The zero-order valence-corrected chi connectivity index (χ0v) is 12.0. The molecule has 2 aliphatic heterocycles. The summed E-state index contributed by atoms with van der Waals surface area (Å²) in [6, 6.07) is 1.34. The Morgan fingerprint density at radius 2 is 1.89 bits per heavy atom. The van der Waals surface area contributed by atoms with E-state index in [0.717, 1.165) is 32.5 Å². The number of nitrogens with one attached hydrogen (secondary N) is 1. The van der Waals surface area contributed by atoms with Gasteiger partial charge in [-0.05, 0) is 40.0 Å². The lowest BCUT2D eigenvalue weighted by Crippen LogP contribution is -2.55. The van der Waals surface area contributed by atoms with Gasteiger partial charge in [-0.2, -0.15) is 0 Å². The summed E-state index contributed by atoms with van der Waals surface area (Å²) in [6.45, 7) is 10.1. The predicted molar refractivity (Wildman–Crippen MR) is 73.5 cm³/mol. The normalized spacial score (nSPS) is 34.6. The highest BCUT2D eigenvalue weighted by atomic mass is 16.2. The van der Waals surface area contributed by atoms with Crippen LogP contribution in [-0.4, -0.2) is 60.0 Å². The highest BCUT2D eigenvalue weighted by Crippen LogP contribution is 2.22. The second kappa shape index (κ2) is 6.02.